The molecule has 1 saturated heterocycles. The molecule has 1 heterocycles. The number of amides is 1. The molecule has 1 aromatic carbocycles. The van der Waals surface area contributed by atoms with Gasteiger partial charge < -0.3 is 9.64 Å². The van der Waals surface area contributed by atoms with Gasteiger partial charge >= 0.3 is 0 Å². The van der Waals surface area contributed by atoms with Crippen LogP contribution in [-0.4, -0.2) is 42.5 Å². The molecule has 4 heteroatoms. The third kappa shape index (κ3) is 5.33. The molecule has 0 aromatic heterocycles. The van der Waals surface area contributed by atoms with Crippen molar-refractivity contribution < 1.29 is 9.53 Å². The predicted molar refractivity (Wildman–Crippen MR) is 85.8 cm³/mol. The Kier molecular flexibility index (Phi) is 6.52. The van der Waals surface area contributed by atoms with Crippen molar-refractivity contribution in [1.82, 2.24) is 4.90 Å². The maximum atomic E-state index is 12.2. The summed E-state index contributed by atoms with van der Waals surface area (Å²) in [6.07, 6.45) is 3.53. The number of piperidine rings is 1. The number of halogens is 1. The molecule has 21 heavy (non-hydrogen) atoms. The third-order valence-electron chi connectivity index (χ3n) is 3.97. The van der Waals surface area contributed by atoms with E-state index in [1.807, 2.05) is 4.90 Å². The first-order valence-electron chi connectivity index (χ1n) is 7.70. The van der Waals surface area contributed by atoms with Crippen molar-refractivity contribution in [3.63, 3.8) is 0 Å². The summed E-state index contributed by atoms with van der Waals surface area (Å²) in [6.45, 7) is 4.29. The number of benzene rings is 1. The first-order valence-corrected chi connectivity index (χ1v) is 8.23. The zero-order valence-electron chi connectivity index (χ0n) is 12.7. The van der Waals surface area contributed by atoms with Crippen molar-refractivity contribution in [1.29, 1.82) is 0 Å². The maximum Gasteiger partial charge on any atom is 0.222 e. The fourth-order valence-corrected chi connectivity index (χ4v) is 2.74. The second-order valence-electron chi connectivity index (χ2n) is 5.63. The Morgan fingerprint density at radius 1 is 1.29 bits per heavy atom. The largest absolute Gasteiger partial charge is 0.377 e. The van der Waals surface area contributed by atoms with Gasteiger partial charge in [-0.15, -0.1) is 11.6 Å². The molecule has 1 aromatic rings. The Morgan fingerprint density at radius 2 is 1.95 bits per heavy atom. The fraction of sp³-hybridized carbons (Fsp3) is 0.588. The number of carbonyl (C=O) groups is 1. The number of rotatable bonds is 6. The van der Waals surface area contributed by atoms with Crippen molar-refractivity contribution in [3.8, 4) is 0 Å². The highest BCUT2D eigenvalue weighted by Crippen LogP contribution is 2.15. The normalized spacial score (nSPS) is 16.2. The van der Waals surface area contributed by atoms with Crippen LogP contribution in [0, 0.1) is 6.92 Å². The molecule has 0 N–H and O–H groups in total. The number of aryl methyl sites for hydroxylation is 2. The lowest BCUT2D eigenvalue weighted by atomic mass is 10.0. The Labute approximate surface area is 132 Å². The average Bonchev–Trinajstić information content (AvgIpc) is 2.52. The highest BCUT2D eigenvalue weighted by Gasteiger charge is 2.22. The van der Waals surface area contributed by atoms with E-state index in [0.29, 0.717) is 18.9 Å². The topological polar surface area (TPSA) is 29.5 Å². The molecule has 116 valence electrons. The van der Waals surface area contributed by atoms with E-state index in [4.69, 9.17) is 16.3 Å². The molecular weight excluding hydrogens is 286 g/mol. The Balaban J connectivity index is 1.71. The van der Waals surface area contributed by atoms with Gasteiger partial charge in [-0.1, -0.05) is 29.8 Å². The summed E-state index contributed by atoms with van der Waals surface area (Å²) in [6, 6.07) is 8.41. The van der Waals surface area contributed by atoms with Crippen LogP contribution in [0.15, 0.2) is 24.3 Å². The van der Waals surface area contributed by atoms with E-state index >= 15 is 0 Å². The smallest absolute Gasteiger partial charge is 0.222 e. The Hall–Kier alpha value is -1.06. The van der Waals surface area contributed by atoms with Gasteiger partial charge in [-0.25, -0.2) is 0 Å². The molecule has 2 rings (SSSR count). The van der Waals surface area contributed by atoms with Gasteiger partial charge in [0.1, 0.15) is 0 Å². The molecule has 0 unspecified atom stereocenters. The van der Waals surface area contributed by atoms with Crippen LogP contribution in [0.4, 0.5) is 0 Å². The van der Waals surface area contributed by atoms with Crippen molar-refractivity contribution in [2.24, 2.45) is 0 Å². The standard InChI is InChI=1S/C17H24ClNO2/c1-14-2-4-15(5-3-14)6-7-17(20)19-11-8-16(9-12-19)21-13-10-18/h2-5,16H,6-13H2,1H3. The summed E-state index contributed by atoms with van der Waals surface area (Å²) in [4.78, 5) is 14.2. The molecule has 3 nitrogen and oxygen atoms in total. The van der Waals surface area contributed by atoms with Gasteiger partial charge in [0, 0.05) is 25.4 Å². The fourth-order valence-electron chi connectivity index (χ4n) is 2.65. The maximum absolute atomic E-state index is 12.2. The lowest BCUT2D eigenvalue weighted by Crippen LogP contribution is -2.41. The van der Waals surface area contributed by atoms with Gasteiger partial charge in [0.25, 0.3) is 0 Å². The monoisotopic (exact) mass is 309 g/mol. The summed E-state index contributed by atoms with van der Waals surface area (Å²) >= 11 is 5.62. The summed E-state index contributed by atoms with van der Waals surface area (Å²) < 4.78 is 5.63. The molecular formula is C17H24ClNO2. The summed E-state index contributed by atoms with van der Waals surface area (Å²) in [5.41, 5.74) is 2.48. The number of nitrogens with zero attached hydrogens (tertiary/aromatic N) is 1. The third-order valence-corrected chi connectivity index (χ3v) is 4.13. The van der Waals surface area contributed by atoms with Crippen LogP contribution in [-0.2, 0) is 16.0 Å². The molecule has 0 radical (unpaired) electrons. The molecule has 0 saturated carbocycles. The SMILES string of the molecule is Cc1ccc(CCC(=O)N2CCC(OCCCl)CC2)cc1. The average molecular weight is 310 g/mol. The number of alkyl halides is 1. The summed E-state index contributed by atoms with van der Waals surface area (Å²) in [5.74, 6) is 0.793. The Bertz CT molecular complexity index is 439. The number of likely N-dealkylation sites (tertiary alicyclic amines) is 1. The summed E-state index contributed by atoms with van der Waals surface area (Å²) in [7, 11) is 0. The lowest BCUT2D eigenvalue weighted by Gasteiger charge is -2.32. The minimum Gasteiger partial charge on any atom is -0.377 e. The van der Waals surface area contributed by atoms with E-state index in [0.717, 1.165) is 32.4 Å². The number of ether oxygens (including phenoxy) is 1. The van der Waals surface area contributed by atoms with E-state index in [-0.39, 0.29) is 12.0 Å². The first-order chi connectivity index (χ1) is 10.2. The quantitative estimate of drug-likeness (QED) is 0.755. The zero-order valence-corrected chi connectivity index (χ0v) is 13.4. The molecule has 1 aliphatic heterocycles. The van der Waals surface area contributed by atoms with E-state index in [2.05, 4.69) is 31.2 Å². The number of hydrogen-bond donors (Lipinski definition) is 0. The number of carbonyl (C=O) groups excluding carboxylic acids is 1. The minimum atomic E-state index is 0.256. The second kappa shape index (κ2) is 8.40. The van der Waals surface area contributed by atoms with Gasteiger partial charge in [-0.3, -0.25) is 4.79 Å². The molecule has 1 fully saturated rings. The highest BCUT2D eigenvalue weighted by atomic mass is 35.5. The Morgan fingerprint density at radius 3 is 2.57 bits per heavy atom. The molecule has 0 bridgehead atoms. The molecule has 1 aliphatic rings. The van der Waals surface area contributed by atoms with Crippen LogP contribution in [0.3, 0.4) is 0 Å². The van der Waals surface area contributed by atoms with E-state index in [1.54, 1.807) is 0 Å². The van der Waals surface area contributed by atoms with Gasteiger partial charge in [0.05, 0.1) is 12.7 Å². The highest BCUT2D eigenvalue weighted by molar-refractivity contribution is 6.17. The van der Waals surface area contributed by atoms with E-state index in [9.17, 15) is 4.79 Å². The van der Waals surface area contributed by atoms with Gasteiger partial charge in [0.15, 0.2) is 0 Å². The molecule has 0 atom stereocenters. The van der Waals surface area contributed by atoms with Crippen molar-refractivity contribution in [2.45, 2.75) is 38.7 Å². The predicted octanol–water partition coefficient (Wildman–Crippen LogP) is 3.17. The van der Waals surface area contributed by atoms with Crippen molar-refractivity contribution in [3.05, 3.63) is 35.4 Å². The number of hydrogen-bond acceptors (Lipinski definition) is 2. The van der Waals surface area contributed by atoms with Crippen LogP contribution in [0.25, 0.3) is 0 Å². The molecule has 1 amide bonds. The summed E-state index contributed by atoms with van der Waals surface area (Å²) in [5, 5.41) is 0. The van der Waals surface area contributed by atoms with Crippen molar-refractivity contribution >= 4 is 17.5 Å². The second-order valence-corrected chi connectivity index (χ2v) is 6.00. The van der Waals surface area contributed by atoms with Crippen LogP contribution < -0.4 is 0 Å². The zero-order chi connectivity index (χ0) is 15.1. The van der Waals surface area contributed by atoms with E-state index < -0.39 is 0 Å². The minimum absolute atomic E-state index is 0.256. The van der Waals surface area contributed by atoms with Crippen LogP contribution in [0.2, 0.25) is 0 Å². The van der Waals surface area contributed by atoms with Gasteiger partial charge in [-0.2, -0.15) is 0 Å². The first kappa shape index (κ1) is 16.3. The van der Waals surface area contributed by atoms with Crippen LogP contribution >= 0.6 is 11.6 Å². The molecule has 0 spiro atoms. The van der Waals surface area contributed by atoms with Gasteiger partial charge in [-0.05, 0) is 31.7 Å². The van der Waals surface area contributed by atoms with Gasteiger partial charge in [0.2, 0.25) is 5.91 Å². The van der Waals surface area contributed by atoms with Crippen LogP contribution in [0.1, 0.15) is 30.4 Å². The van der Waals surface area contributed by atoms with Crippen LogP contribution in [0.5, 0.6) is 0 Å². The lowest BCUT2D eigenvalue weighted by molar-refractivity contribution is -0.133. The molecule has 0 aliphatic carbocycles. The van der Waals surface area contributed by atoms with Crippen molar-refractivity contribution in [2.75, 3.05) is 25.6 Å². The van der Waals surface area contributed by atoms with E-state index in [1.165, 1.54) is 11.1 Å².